The van der Waals surface area contributed by atoms with Gasteiger partial charge in [0.1, 0.15) is 11.5 Å². The molecule has 3 rings (SSSR count). The lowest BCUT2D eigenvalue weighted by Gasteiger charge is -2.19. The topological polar surface area (TPSA) is 84.9 Å². The molecular formula is C22H28N2O5S. The van der Waals surface area contributed by atoms with Crippen LogP contribution in [0, 0.1) is 0 Å². The van der Waals surface area contributed by atoms with E-state index in [0.717, 1.165) is 24.2 Å². The predicted molar refractivity (Wildman–Crippen MR) is 114 cm³/mol. The van der Waals surface area contributed by atoms with E-state index in [1.54, 1.807) is 0 Å². The summed E-state index contributed by atoms with van der Waals surface area (Å²) in [5.41, 5.74) is 1.10. The molecule has 2 aromatic carbocycles. The van der Waals surface area contributed by atoms with E-state index in [2.05, 4.69) is 5.32 Å². The monoisotopic (exact) mass is 432 g/mol. The fourth-order valence-electron chi connectivity index (χ4n) is 3.48. The molecule has 30 heavy (non-hydrogen) atoms. The zero-order chi connectivity index (χ0) is 21.7. The molecule has 2 aromatic rings. The first kappa shape index (κ1) is 22.1. The number of benzene rings is 2. The van der Waals surface area contributed by atoms with Crippen molar-refractivity contribution in [1.82, 2.24) is 9.62 Å². The van der Waals surface area contributed by atoms with Crippen LogP contribution in [0.1, 0.15) is 48.7 Å². The Morgan fingerprint density at radius 1 is 1.13 bits per heavy atom. The Labute approximate surface area is 178 Å². The van der Waals surface area contributed by atoms with Crippen molar-refractivity contribution in [2.75, 3.05) is 26.8 Å². The molecule has 0 spiro atoms. The van der Waals surface area contributed by atoms with Gasteiger partial charge in [0.25, 0.3) is 5.91 Å². The summed E-state index contributed by atoms with van der Waals surface area (Å²) in [5.74, 6) is 0.694. The van der Waals surface area contributed by atoms with Crippen LogP contribution >= 0.6 is 0 Å². The fourth-order valence-corrected chi connectivity index (χ4v) is 5.02. The molecule has 162 valence electrons. The Kier molecular flexibility index (Phi) is 6.99. The van der Waals surface area contributed by atoms with E-state index in [0.29, 0.717) is 25.4 Å². The van der Waals surface area contributed by atoms with Gasteiger partial charge in [-0.3, -0.25) is 4.79 Å². The number of carbonyl (C=O) groups excluding carboxylic acids is 1. The lowest BCUT2D eigenvalue weighted by molar-refractivity contribution is 0.0936. The number of hydrogen-bond donors (Lipinski definition) is 1. The molecule has 1 aliphatic heterocycles. The van der Waals surface area contributed by atoms with Crippen molar-refractivity contribution in [3.63, 3.8) is 0 Å². The molecule has 8 heteroatoms. The van der Waals surface area contributed by atoms with E-state index >= 15 is 0 Å². The van der Waals surface area contributed by atoms with Crippen LogP contribution in [0.2, 0.25) is 0 Å². The molecule has 7 nitrogen and oxygen atoms in total. The average molecular weight is 433 g/mol. The molecule has 1 heterocycles. The average Bonchev–Trinajstić information content (AvgIpc) is 3.30. The first-order chi connectivity index (χ1) is 14.4. The maximum atomic E-state index is 13.0. The van der Waals surface area contributed by atoms with Crippen LogP contribution in [-0.2, 0) is 10.0 Å². The quantitative estimate of drug-likeness (QED) is 0.691. The molecule has 0 aromatic heterocycles. The number of hydrogen-bond acceptors (Lipinski definition) is 5. The zero-order valence-corrected chi connectivity index (χ0v) is 18.4. The normalized spacial score (nSPS) is 15.6. The molecular weight excluding hydrogens is 404 g/mol. The van der Waals surface area contributed by atoms with E-state index in [-0.39, 0.29) is 16.5 Å². The number of nitrogens with one attached hydrogen (secondary N) is 1. The number of methoxy groups -OCH3 is 1. The summed E-state index contributed by atoms with van der Waals surface area (Å²) >= 11 is 0. The maximum absolute atomic E-state index is 13.0. The minimum atomic E-state index is -3.63. The van der Waals surface area contributed by atoms with Gasteiger partial charge in [0.2, 0.25) is 10.0 Å². The number of carbonyl (C=O) groups is 1. The van der Waals surface area contributed by atoms with Gasteiger partial charge in [0, 0.05) is 13.1 Å². The molecule has 1 aliphatic rings. The minimum absolute atomic E-state index is 0.101. The van der Waals surface area contributed by atoms with E-state index in [1.807, 2.05) is 38.1 Å². The molecule has 1 atom stereocenters. The highest BCUT2D eigenvalue weighted by Gasteiger charge is 2.29. The van der Waals surface area contributed by atoms with Gasteiger partial charge in [-0.25, -0.2) is 8.42 Å². The van der Waals surface area contributed by atoms with Crippen molar-refractivity contribution >= 4 is 15.9 Å². The summed E-state index contributed by atoms with van der Waals surface area (Å²) in [7, 11) is -2.17. The first-order valence-electron chi connectivity index (χ1n) is 10.1. The lowest BCUT2D eigenvalue weighted by atomic mass is 10.1. The van der Waals surface area contributed by atoms with Crippen molar-refractivity contribution in [3.8, 4) is 11.5 Å². The Morgan fingerprint density at radius 2 is 1.80 bits per heavy atom. The molecule has 1 fully saturated rings. The van der Waals surface area contributed by atoms with Crippen molar-refractivity contribution < 1.29 is 22.7 Å². The van der Waals surface area contributed by atoms with Crippen molar-refractivity contribution in [1.29, 1.82) is 0 Å². The van der Waals surface area contributed by atoms with Crippen LogP contribution in [0.15, 0.2) is 47.4 Å². The van der Waals surface area contributed by atoms with Crippen LogP contribution < -0.4 is 14.8 Å². The van der Waals surface area contributed by atoms with Crippen LogP contribution in [0.5, 0.6) is 11.5 Å². The van der Waals surface area contributed by atoms with Crippen molar-refractivity contribution in [2.24, 2.45) is 0 Å². The van der Waals surface area contributed by atoms with E-state index in [9.17, 15) is 13.2 Å². The number of ether oxygens (including phenoxy) is 2. The fraction of sp³-hybridized carbons (Fsp3) is 0.409. The molecule has 0 radical (unpaired) electrons. The van der Waals surface area contributed by atoms with Gasteiger partial charge in [-0.1, -0.05) is 12.1 Å². The highest BCUT2D eigenvalue weighted by molar-refractivity contribution is 7.89. The molecule has 1 N–H and O–H groups in total. The third-order valence-corrected chi connectivity index (χ3v) is 7.05. The molecule has 0 saturated carbocycles. The highest BCUT2D eigenvalue weighted by Crippen LogP contribution is 2.27. The van der Waals surface area contributed by atoms with Gasteiger partial charge < -0.3 is 14.8 Å². The summed E-state index contributed by atoms with van der Waals surface area (Å²) < 4.78 is 38.0. The van der Waals surface area contributed by atoms with E-state index in [4.69, 9.17) is 9.47 Å². The van der Waals surface area contributed by atoms with Crippen molar-refractivity contribution in [2.45, 2.75) is 37.6 Å². The molecule has 0 unspecified atom stereocenters. The van der Waals surface area contributed by atoms with Gasteiger partial charge >= 0.3 is 0 Å². The summed E-state index contributed by atoms with van der Waals surface area (Å²) in [5, 5.41) is 2.92. The molecule has 0 aliphatic carbocycles. The smallest absolute Gasteiger partial charge is 0.255 e. The van der Waals surface area contributed by atoms with Gasteiger partial charge in [-0.2, -0.15) is 4.31 Å². The number of amides is 1. The Hall–Kier alpha value is -2.58. The van der Waals surface area contributed by atoms with Crippen LogP contribution in [0.3, 0.4) is 0 Å². The third kappa shape index (κ3) is 4.76. The molecule has 1 amide bonds. The summed E-state index contributed by atoms with van der Waals surface area (Å²) in [6.45, 7) is 5.38. The summed E-state index contributed by atoms with van der Waals surface area (Å²) in [6.07, 6.45) is 1.70. The van der Waals surface area contributed by atoms with Gasteiger partial charge in [0.05, 0.1) is 30.2 Å². The minimum Gasteiger partial charge on any atom is -0.496 e. The Bertz CT molecular complexity index is 983. The zero-order valence-electron chi connectivity index (χ0n) is 17.6. The standard InChI is InChI=1S/C22H28N2O5S/c1-4-29-18-9-7-17(8-10-18)16(2)23-22(25)20-15-19(11-12-21(20)28-3)30(26,27)24-13-5-6-14-24/h7-12,15-16H,4-6,13-14H2,1-3H3,(H,23,25)/t16-/m0/s1. The lowest BCUT2D eigenvalue weighted by Crippen LogP contribution is -2.29. The van der Waals surface area contributed by atoms with Crippen molar-refractivity contribution in [3.05, 3.63) is 53.6 Å². The van der Waals surface area contributed by atoms with E-state index < -0.39 is 15.9 Å². The third-order valence-electron chi connectivity index (χ3n) is 5.16. The number of rotatable bonds is 8. The number of sulfonamides is 1. The van der Waals surface area contributed by atoms with Gasteiger partial charge in [-0.05, 0) is 62.6 Å². The Morgan fingerprint density at radius 3 is 2.40 bits per heavy atom. The largest absolute Gasteiger partial charge is 0.496 e. The molecule has 1 saturated heterocycles. The van der Waals surface area contributed by atoms with Crippen LogP contribution in [0.25, 0.3) is 0 Å². The second-order valence-electron chi connectivity index (χ2n) is 7.17. The van der Waals surface area contributed by atoms with E-state index in [1.165, 1.54) is 29.6 Å². The summed E-state index contributed by atoms with van der Waals surface area (Å²) in [4.78, 5) is 13.1. The summed E-state index contributed by atoms with van der Waals surface area (Å²) in [6, 6.07) is 11.6. The van der Waals surface area contributed by atoms with Gasteiger partial charge in [-0.15, -0.1) is 0 Å². The maximum Gasteiger partial charge on any atom is 0.255 e. The van der Waals surface area contributed by atoms with Crippen LogP contribution in [-0.4, -0.2) is 45.4 Å². The first-order valence-corrected chi connectivity index (χ1v) is 11.5. The highest BCUT2D eigenvalue weighted by atomic mass is 32.2. The second kappa shape index (κ2) is 9.49. The SMILES string of the molecule is CCOc1ccc([C@H](C)NC(=O)c2cc(S(=O)(=O)N3CCCC3)ccc2OC)cc1. The molecule has 0 bridgehead atoms. The Balaban J connectivity index is 1.81. The van der Waals surface area contributed by atoms with Crippen LogP contribution in [0.4, 0.5) is 0 Å². The number of nitrogens with zero attached hydrogens (tertiary/aromatic N) is 1. The second-order valence-corrected chi connectivity index (χ2v) is 9.11. The van der Waals surface area contributed by atoms with Gasteiger partial charge in [0.15, 0.2) is 0 Å². The predicted octanol–water partition coefficient (Wildman–Crippen LogP) is 3.37.